The van der Waals surface area contributed by atoms with E-state index in [1.807, 2.05) is 30.3 Å². The lowest BCUT2D eigenvalue weighted by Gasteiger charge is -2.05. The molecule has 1 amide bonds. The first-order valence-corrected chi connectivity index (χ1v) is 8.64. The summed E-state index contributed by atoms with van der Waals surface area (Å²) in [5.74, 6) is 0.294. The van der Waals surface area contributed by atoms with E-state index in [9.17, 15) is 4.79 Å². The number of anilines is 1. The topological polar surface area (TPSA) is 54.9 Å². The Hall–Kier alpha value is -1.92. The van der Waals surface area contributed by atoms with Gasteiger partial charge in [0.25, 0.3) is 0 Å². The molecule has 2 aromatic heterocycles. The third-order valence-electron chi connectivity index (χ3n) is 3.33. The molecule has 2 heterocycles. The highest BCUT2D eigenvalue weighted by atomic mass is 32.2. The van der Waals surface area contributed by atoms with Crippen LogP contribution in [0.5, 0.6) is 0 Å². The van der Waals surface area contributed by atoms with Gasteiger partial charge in [-0.25, -0.2) is 9.97 Å². The van der Waals surface area contributed by atoms with Gasteiger partial charge >= 0.3 is 0 Å². The number of nitrogens with zero attached hydrogens (tertiary/aromatic N) is 2. The summed E-state index contributed by atoms with van der Waals surface area (Å²) < 4.78 is 0. The molecule has 1 N–H and O–H groups in total. The predicted octanol–water partition coefficient (Wildman–Crippen LogP) is 4.04. The van der Waals surface area contributed by atoms with Crippen molar-refractivity contribution in [2.45, 2.75) is 18.9 Å². The van der Waals surface area contributed by atoms with Gasteiger partial charge < -0.3 is 5.32 Å². The average molecular weight is 329 g/mol. The molecule has 0 saturated heterocycles. The number of fused-ring (bicyclic) bond motifs is 1. The number of thioether (sulfide) groups is 1. The SMILES string of the molecule is Cc1sc2ncnc(SCC(=O)Nc3ccccc3)c2c1C. The van der Waals surface area contributed by atoms with Crippen molar-refractivity contribution in [3.63, 3.8) is 0 Å². The molecule has 6 heteroatoms. The fourth-order valence-electron chi connectivity index (χ4n) is 2.11. The molecule has 0 saturated carbocycles. The Morgan fingerprint density at radius 3 is 2.77 bits per heavy atom. The molecule has 112 valence electrons. The first-order valence-electron chi connectivity index (χ1n) is 6.83. The maximum atomic E-state index is 12.0. The Morgan fingerprint density at radius 2 is 2.00 bits per heavy atom. The monoisotopic (exact) mass is 329 g/mol. The Bertz CT molecular complexity index is 815. The summed E-state index contributed by atoms with van der Waals surface area (Å²) >= 11 is 3.11. The lowest BCUT2D eigenvalue weighted by atomic mass is 10.2. The molecule has 0 aliphatic rings. The largest absolute Gasteiger partial charge is 0.325 e. The third-order valence-corrected chi connectivity index (χ3v) is 5.43. The van der Waals surface area contributed by atoms with Crippen molar-refractivity contribution in [2.75, 3.05) is 11.1 Å². The van der Waals surface area contributed by atoms with Crippen molar-refractivity contribution >= 4 is 44.9 Å². The van der Waals surface area contributed by atoms with Crippen LogP contribution >= 0.6 is 23.1 Å². The summed E-state index contributed by atoms with van der Waals surface area (Å²) in [6, 6.07) is 9.46. The van der Waals surface area contributed by atoms with Gasteiger partial charge in [-0.05, 0) is 31.5 Å². The zero-order chi connectivity index (χ0) is 15.5. The summed E-state index contributed by atoms with van der Waals surface area (Å²) in [4.78, 5) is 22.9. The molecule has 22 heavy (non-hydrogen) atoms. The van der Waals surface area contributed by atoms with Crippen LogP contribution in [0.4, 0.5) is 5.69 Å². The summed E-state index contributed by atoms with van der Waals surface area (Å²) in [5.41, 5.74) is 2.01. The van der Waals surface area contributed by atoms with Crippen LogP contribution in [0, 0.1) is 13.8 Å². The highest BCUT2D eigenvalue weighted by molar-refractivity contribution is 8.00. The second-order valence-corrected chi connectivity index (χ2v) is 7.01. The van der Waals surface area contributed by atoms with E-state index in [-0.39, 0.29) is 5.91 Å². The molecule has 3 aromatic rings. The van der Waals surface area contributed by atoms with Crippen molar-refractivity contribution in [1.82, 2.24) is 9.97 Å². The summed E-state index contributed by atoms with van der Waals surface area (Å²) in [5, 5.41) is 4.82. The van der Waals surface area contributed by atoms with Crippen molar-refractivity contribution in [3.8, 4) is 0 Å². The number of aromatic nitrogens is 2. The smallest absolute Gasteiger partial charge is 0.234 e. The normalized spacial score (nSPS) is 10.8. The molecule has 0 fully saturated rings. The third kappa shape index (κ3) is 3.13. The quantitative estimate of drug-likeness (QED) is 0.580. The first-order chi connectivity index (χ1) is 10.6. The van der Waals surface area contributed by atoms with Gasteiger partial charge in [0.2, 0.25) is 5.91 Å². The maximum Gasteiger partial charge on any atom is 0.234 e. The second kappa shape index (κ2) is 6.46. The number of carbonyl (C=O) groups is 1. The molecule has 0 atom stereocenters. The summed E-state index contributed by atoms with van der Waals surface area (Å²) in [6.07, 6.45) is 1.56. The van der Waals surface area contributed by atoms with Gasteiger partial charge in [0.1, 0.15) is 16.2 Å². The van der Waals surface area contributed by atoms with E-state index in [1.165, 1.54) is 22.2 Å². The number of para-hydroxylation sites is 1. The molecule has 0 bridgehead atoms. The van der Waals surface area contributed by atoms with Crippen LogP contribution < -0.4 is 5.32 Å². The number of benzene rings is 1. The van der Waals surface area contributed by atoms with Crippen molar-refractivity contribution in [3.05, 3.63) is 47.1 Å². The fourth-order valence-corrected chi connectivity index (χ4v) is 4.03. The number of hydrogen-bond donors (Lipinski definition) is 1. The predicted molar refractivity (Wildman–Crippen MR) is 92.7 cm³/mol. The van der Waals surface area contributed by atoms with E-state index in [1.54, 1.807) is 17.7 Å². The van der Waals surface area contributed by atoms with Gasteiger partial charge in [0.15, 0.2) is 0 Å². The molecule has 0 radical (unpaired) electrons. The lowest BCUT2D eigenvalue weighted by molar-refractivity contribution is -0.113. The minimum atomic E-state index is -0.0347. The van der Waals surface area contributed by atoms with Crippen molar-refractivity contribution in [1.29, 1.82) is 0 Å². The number of nitrogens with one attached hydrogen (secondary N) is 1. The standard InChI is InChI=1S/C16H15N3OS2/c1-10-11(2)22-16-14(10)15(17-9-18-16)21-8-13(20)19-12-6-4-3-5-7-12/h3-7,9H,8H2,1-2H3,(H,19,20). The van der Waals surface area contributed by atoms with Gasteiger partial charge in [-0.1, -0.05) is 30.0 Å². The first kappa shape index (κ1) is 15.0. The van der Waals surface area contributed by atoms with Gasteiger partial charge in [-0.2, -0.15) is 0 Å². The molecular formula is C16H15N3OS2. The maximum absolute atomic E-state index is 12.0. The van der Waals surface area contributed by atoms with E-state index in [0.29, 0.717) is 5.75 Å². The molecule has 3 rings (SSSR count). The van der Waals surface area contributed by atoms with Crippen LogP contribution in [0.2, 0.25) is 0 Å². The van der Waals surface area contributed by atoms with E-state index in [2.05, 4.69) is 29.1 Å². The van der Waals surface area contributed by atoms with Crippen molar-refractivity contribution in [2.24, 2.45) is 0 Å². The van der Waals surface area contributed by atoms with Crippen LogP contribution in [0.3, 0.4) is 0 Å². The molecule has 0 aliphatic heterocycles. The van der Waals surface area contributed by atoms with E-state index in [4.69, 9.17) is 0 Å². The Labute approximate surface area is 137 Å². The molecule has 4 nitrogen and oxygen atoms in total. The van der Waals surface area contributed by atoms with Crippen LogP contribution in [0.1, 0.15) is 10.4 Å². The molecule has 0 aliphatic carbocycles. The zero-order valence-electron chi connectivity index (χ0n) is 12.3. The molecule has 0 spiro atoms. The molecular weight excluding hydrogens is 314 g/mol. The zero-order valence-corrected chi connectivity index (χ0v) is 13.9. The van der Waals surface area contributed by atoms with E-state index < -0.39 is 0 Å². The van der Waals surface area contributed by atoms with Crippen molar-refractivity contribution < 1.29 is 4.79 Å². The van der Waals surface area contributed by atoms with Gasteiger partial charge in [-0.3, -0.25) is 4.79 Å². The van der Waals surface area contributed by atoms with Gasteiger partial charge in [-0.15, -0.1) is 11.3 Å². The van der Waals surface area contributed by atoms with Gasteiger partial charge in [0, 0.05) is 16.0 Å². The number of amides is 1. The number of carbonyl (C=O) groups excluding carboxylic acids is 1. The number of hydrogen-bond acceptors (Lipinski definition) is 5. The highest BCUT2D eigenvalue weighted by Crippen LogP contribution is 2.34. The number of aryl methyl sites for hydroxylation is 2. The minimum Gasteiger partial charge on any atom is -0.325 e. The fraction of sp³-hybridized carbons (Fsp3) is 0.188. The Kier molecular flexibility index (Phi) is 4.40. The second-order valence-electron chi connectivity index (χ2n) is 4.85. The van der Waals surface area contributed by atoms with Crippen LogP contribution in [0.15, 0.2) is 41.7 Å². The van der Waals surface area contributed by atoms with E-state index in [0.717, 1.165) is 20.9 Å². The molecule has 0 unspecified atom stereocenters. The minimum absolute atomic E-state index is 0.0347. The van der Waals surface area contributed by atoms with E-state index >= 15 is 0 Å². The lowest BCUT2D eigenvalue weighted by Crippen LogP contribution is -2.14. The Balaban J connectivity index is 1.73. The van der Waals surface area contributed by atoms with Crippen LogP contribution in [-0.4, -0.2) is 21.6 Å². The summed E-state index contributed by atoms with van der Waals surface area (Å²) in [6.45, 7) is 4.16. The average Bonchev–Trinajstić information content (AvgIpc) is 2.82. The summed E-state index contributed by atoms with van der Waals surface area (Å²) in [7, 11) is 0. The molecule has 1 aromatic carbocycles. The van der Waals surface area contributed by atoms with Crippen LogP contribution in [-0.2, 0) is 4.79 Å². The number of rotatable bonds is 4. The number of thiophene rings is 1. The highest BCUT2D eigenvalue weighted by Gasteiger charge is 2.13. The van der Waals surface area contributed by atoms with Gasteiger partial charge in [0.05, 0.1) is 5.75 Å². The van der Waals surface area contributed by atoms with Crippen LogP contribution in [0.25, 0.3) is 10.2 Å². The Morgan fingerprint density at radius 1 is 1.23 bits per heavy atom.